The van der Waals surface area contributed by atoms with E-state index in [2.05, 4.69) is 20.4 Å². The summed E-state index contributed by atoms with van der Waals surface area (Å²) in [6.07, 6.45) is 1.56. The smallest absolute Gasteiger partial charge is 0.260 e. The Hall–Kier alpha value is -0.960. The predicted molar refractivity (Wildman–Crippen MR) is 72.2 cm³/mol. The van der Waals surface area contributed by atoms with Gasteiger partial charge in [-0.15, -0.1) is 0 Å². The van der Waals surface area contributed by atoms with Crippen LogP contribution in [0.2, 0.25) is 0 Å². The Balaban J connectivity index is 2.29. The molecule has 0 spiro atoms. The summed E-state index contributed by atoms with van der Waals surface area (Å²) >= 11 is 0. The number of hydrogen-bond acceptors (Lipinski definition) is 5. The van der Waals surface area contributed by atoms with Crippen LogP contribution >= 0.6 is 0 Å². The van der Waals surface area contributed by atoms with Crippen molar-refractivity contribution in [3.63, 3.8) is 0 Å². The third-order valence-corrected chi connectivity index (χ3v) is 5.41. The summed E-state index contributed by atoms with van der Waals surface area (Å²) in [4.78, 5) is 2.14. The minimum atomic E-state index is -3.50. The van der Waals surface area contributed by atoms with Gasteiger partial charge >= 0.3 is 0 Å². The molecule has 0 saturated carbocycles. The molecule has 2 N–H and O–H groups in total. The van der Waals surface area contributed by atoms with E-state index in [1.807, 2.05) is 14.0 Å². The van der Waals surface area contributed by atoms with E-state index in [9.17, 15) is 8.42 Å². The first kappa shape index (κ1) is 14.4. The van der Waals surface area contributed by atoms with Crippen LogP contribution in [-0.4, -0.2) is 67.6 Å². The van der Waals surface area contributed by atoms with Crippen molar-refractivity contribution in [2.75, 3.05) is 33.7 Å². The van der Waals surface area contributed by atoms with Gasteiger partial charge in [-0.1, -0.05) is 0 Å². The SMILES string of the molecule is CNCc1cn[nH]c1S(=O)(=O)N1CCN(C)CC1C. The average molecular weight is 287 g/mol. The Morgan fingerprint density at radius 1 is 1.53 bits per heavy atom. The Morgan fingerprint density at radius 3 is 2.89 bits per heavy atom. The maximum Gasteiger partial charge on any atom is 0.260 e. The molecule has 19 heavy (non-hydrogen) atoms. The summed E-state index contributed by atoms with van der Waals surface area (Å²) in [5.41, 5.74) is 0.675. The molecule has 1 aliphatic heterocycles. The van der Waals surface area contributed by atoms with Gasteiger partial charge in [-0.2, -0.15) is 9.40 Å². The molecule has 8 heteroatoms. The molecule has 0 amide bonds. The summed E-state index contributed by atoms with van der Waals surface area (Å²) in [6.45, 7) is 4.42. The molecule has 1 unspecified atom stereocenters. The van der Waals surface area contributed by atoms with E-state index in [1.165, 1.54) is 0 Å². The second-order valence-electron chi connectivity index (χ2n) is 4.98. The molecule has 1 saturated heterocycles. The molecule has 0 aliphatic carbocycles. The number of rotatable bonds is 4. The van der Waals surface area contributed by atoms with Gasteiger partial charge in [-0.3, -0.25) is 5.10 Å². The van der Waals surface area contributed by atoms with Gasteiger partial charge in [0.05, 0.1) is 6.20 Å². The van der Waals surface area contributed by atoms with Crippen LogP contribution in [0.1, 0.15) is 12.5 Å². The molecule has 0 bridgehead atoms. The summed E-state index contributed by atoms with van der Waals surface area (Å²) in [7, 11) is 0.287. The van der Waals surface area contributed by atoms with Crippen LogP contribution in [0.4, 0.5) is 0 Å². The summed E-state index contributed by atoms with van der Waals surface area (Å²) < 4.78 is 26.9. The molecule has 7 nitrogen and oxygen atoms in total. The van der Waals surface area contributed by atoms with Gasteiger partial charge in [-0.05, 0) is 21.0 Å². The predicted octanol–water partition coefficient (Wildman–Crippen LogP) is -0.546. The normalized spacial score (nSPS) is 22.8. The van der Waals surface area contributed by atoms with E-state index in [1.54, 1.807) is 17.5 Å². The fourth-order valence-electron chi connectivity index (χ4n) is 2.44. The number of H-pyrrole nitrogens is 1. The molecular weight excluding hydrogens is 266 g/mol. The Bertz CT molecular complexity index is 527. The van der Waals surface area contributed by atoms with Crippen molar-refractivity contribution in [1.29, 1.82) is 0 Å². The third-order valence-electron chi connectivity index (χ3n) is 3.38. The summed E-state index contributed by atoms with van der Waals surface area (Å²) in [6, 6.07) is -0.0329. The standard InChI is InChI=1S/C11H21N5O2S/c1-9-8-15(3)4-5-16(9)19(17,18)11-10(6-12-2)7-13-14-11/h7,9,12H,4-6,8H2,1-3H3,(H,13,14). The molecule has 2 rings (SSSR count). The van der Waals surface area contributed by atoms with Gasteiger partial charge in [0.2, 0.25) is 0 Å². The summed E-state index contributed by atoms with van der Waals surface area (Å²) in [5.74, 6) is 0. The Labute approximate surface area is 114 Å². The monoisotopic (exact) mass is 287 g/mol. The second kappa shape index (κ2) is 5.58. The van der Waals surface area contributed by atoms with Crippen molar-refractivity contribution in [3.05, 3.63) is 11.8 Å². The van der Waals surface area contributed by atoms with E-state index in [0.717, 1.165) is 13.1 Å². The lowest BCUT2D eigenvalue weighted by Crippen LogP contribution is -2.52. The first-order valence-electron chi connectivity index (χ1n) is 6.34. The first-order chi connectivity index (χ1) is 8.96. The third kappa shape index (κ3) is 2.81. The van der Waals surface area contributed by atoms with E-state index in [4.69, 9.17) is 0 Å². The molecule has 108 valence electrons. The highest BCUT2D eigenvalue weighted by Gasteiger charge is 2.34. The van der Waals surface area contributed by atoms with Crippen LogP contribution in [0.3, 0.4) is 0 Å². The highest BCUT2D eigenvalue weighted by molar-refractivity contribution is 7.89. The van der Waals surface area contributed by atoms with E-state index >= 15 is 0 Å². The summed E-state index contributed by atoms with van der Waals surface area (Å²) in [5, 5.41) is 9.65. The average Bonchev–Trinajstić information content (AvgIpc) is 2.78. The maximum absolute atomic E-state index is 12.7. The highest BCUT2D eigenvalue weighted by Crippen LogP contribution is 2.21. The van der Waals surface area contributed by atoms with Crippen LogP contribution < -0.4 is 5.32 Å². The maximum atomic E-state index is 12.7. The van der Waals surface area contributed by atoms with Crippen molar-refractivity contribution < 1.29 is 8.42 Å². The molecular formula is C11H21N5O2S. The number of nitrogens with one attached hydrogen (secondary N) is 2. The minimum Gasteiger partial charge on any atom is -0.316 e. The lowest BCUT2D eigenvalue weighted by molar-refractivity contribution is 0.170. The quantitative estimate of drug-likeness (QED) is 0.777. The van der Waals surface area contributed by atoms with Gasteiger partial charge in [0, 0.05) is 37.8 Å². The zero-order valence-electron chi connectivity index (χ0n) is 11.5. The number of likely N-dealkylation sites (N-methyl/N-ethyl adjacent to an activating group) is 1. The van der Waals surface area contributed by atoms with Gasteiger partial charge in [0.1, 0.15) is 0 Å². The van der Waals surface area contributed by atoms with E-state index in [0.29, 0.717) is 18.7 Å². The van der Waals surface area contributed by atoms with Gasteiger partial charge in [0.15, 0.2) is 5.03 Å². The first-order valence-corrected chi connectivity index (χ1v) is 7.78. The number of piperazine rings is 1. The Kier molecular flexibility index (Phi) is 4.24. The molecule has 1 atom stereocenters. The van der Waals surface area contributed by atoms with Crippen LogP contribution in [0.5, 0.6) is 0 Å². The largest absolute Gasteiger partial charge is 0.316 e. The van der Waals surface area contributed by atoms with Crippen LogP contribution in [0.15, 0.2) is 11.2 Å². The van der Waals surface area contributed by atoms with Crippen LogP contribution in [0, 0.1) is 0 Å². The lowest BCUT2D eigenvalue weighted by atomic mass is 10.2. The fourth-order valence-corrected chi connectivity index (χ4v) is 4.16. The topological polar surface area (TPSA) is 81.3 Å². The molecule has 1 aromatic heterocycles. The van der Waals surface area contributed by atoms with Crippen LogP contribution in [-0.2, 0) is 16.6 Å². The second-order valence-corrected chi connectivity index (χ2v) is 6.81. The van der Waals surface area contributed by atoms with E-state index in [-0.39, 0.29) is 11.1 Å². The minimum absolute atomic E-state index is 0.0329. The fraction of sp³-hybridized carbons (Fsp3) is 0.727. The molecule has 0 radical (unpaired) electrons. The molecule has 1 fully saturated rings. The lowest BCUT2D eigenvalue weighted by Gasteiger charge is -2.36. The van der Waals surface area contributed by atoms with Crippen LogP contribution in [0.25, 0.3) is 0 Å². The van der Waals surface area contributed by atoms with Gasteiger partial charge < -0.3 is 10.2 Å². The number of aromatic amines is 1. The van der Waals surface area contributed by atoms with Crippen molar-refractivity contribution in [2.45, 2.75) is 24.5 Å². The molecule has 1 aromatic rings. The van der Waals surface area contributed by atoms with Gasteiger partial charge in [0.25, 0.3) is 10.0 Å². The van der Waals surface area contributed by atoms with Crippen molar-refractivity contribution in [2.24, 2.45) is 0 Å². The molecule has 1 aliphatic rings. The number of aromatic nitrogens is 2. The number of sulfonamides is 1. The number of hydrogen-bond donors (Lipinski definition) is 2. The zero-order chi connectivity index (χ0) is 14.0. The van der Waals surface area contributed by atoms with Crippen molar-refractivity contribution in [3.8, 4) is 0 Å². The van der Waals surface area contributed by atoms with E-state index < -0.39 is 10.0 Å². The number of nitrogens with zero attached hydrogens (tertiary/aromatic N) is 3. The Morgan fingerprint density at radius 2 is 2.26 bits per heavy atom. The van der Waals surface area contributed by atoms with Crippen molar-refractivity contribution >= 4 is 10.0 Å². The highest BCUT2D eigenvalue weighted by atomic mass is 32.2. The zero-order valence-corrected chi connectivity index (χ0v) is 12.4. The van der Waals surface area contributed by atoms with Crippen molar-refractivity contribution in [1.82, 2.24) is 24.7 Å². The molecule has 0 aromatic carbocycles. The van der Waals surface area contributed by atoms with Gasteiger partial charge in [-0.25, -0.2) is 8.42 Å². The molecule has 2 heterocycles.